The monoisotopic (exact) mass is 224 g/mol. The fourth-order valence-corrected chi connectivity index (χ4v) is 1.16. The lowest BCUT2D eigenvalue weighted by molar-refractivity contribution is 0.244. The van der Waals surface area contributed by atoms with Gasteiger partial charge in [-0.2, -0.15) is 0 Å². The number of carbonyl (C=O) groups excluding carboxylic acids is 1. The van der Waals surface area contributed by atoms with Crippen molar-refractivity contribution in [1.82, 2.24) is 5.32 Å². The first-order valence-corrected chi connectivity index (χ1v) is 5.11. The maximum absolute atomic E-state index is 10.4. The molecule has 2 amide bonds. The minimum absolute atomic E-state index is 0.374. The highest BCUT2D eigenvalue weighted by atomic mass is 16.5. The third-order valence-corrected chi connectivity index (χ3v) is 1.79. The van der Waals surface area contributed by atoms with Gasteiger partial charge in [0.15, 0.2) is 0 Å². The van der Waals surface area contributed by atoms with Gasteiger partial charge in [0.25, 0.3) is 0 Å². The first-order chi connectivity index (χ1) is 7.72. The van der Waals surface area contributed by atoms with Crippen LogP contribution in [-0.4, -0.2) is 25.8 Å². The largest absolute Gasteiger partial charge is 0.494 e. The summed E-state index contributed by atoms with van der Waals surface area (Å²) in [5, 5.41) is 2.44. The van der Waals surface area contributed by atoms with Crippen LogP contribution < -0.4 is 20.5 Å². The molecular weight excluding hydrogens is 208 g/mol. The van der Waals surface area contributed by atoms with Gasteiger partial charge in [0.1, 0.15) is 18.1 Å². The van der Waals surface area contributed by atoms with Crippen LogP contribution in [0, 0.1) is 0 Å². The van der Waals surface area contributed by atoms with Crippen LogP contribution in [0.2, 0.25) is 0 Å². The molecule has 0 aliphatic carbocycles. The molecular formula is C11H16N2O3. The Morgan fingerprint density at radius 2 is 2.06 bits per heavy atom. The summed E-state index contributed by atoms with van der Waals surface area (Å²) in [5.41, 5.74) is 4.91. The van der Waals surface area contributed by atoms with Crippen LogP contribution >= 0.6 is 0 Å². The SMILES string of the molecule is CCOc1cccc(OCCNC(N)=O)c1. The Balaban J connectivity index is 2.35. The average molecular weight is 224 g/mol. The number of nitrogens with one attached hydrogen (secondary N) is 1. The molecule has 0 atom stereocenters. The van der Waals surface area contributed by atoms with Gasteiger partial charge in [-0.25, -0.2) is 4.79 Å². The highest BCUT2D eigenvalue weighted by Gasteiger charge is 1.97. The van der Waals surface area contributed by atoms with Gasteiger partial charge in [-0.3, -0.25) is 0 Å². The molecule has 1 aromatic carbocycles. The van der Waals surface area contributed by atoms with Crippen LogP contribution in [0.4, 0.5) is 4.79 Å². The Labute approximate surface area is 94.5 Å². The molecule has 0 aromatic heterocycles. The molecule has 0 fully saturated rings. The molecule has 1 aromatic rings. The average Bonchev–Trinajstić information content (AvgIpc) is 2.25. The molecule has 0 saturated heterocycles. The van der Waals surface area contributed by atoms with Gasteiger partial charge < -0.3 is 20.5 Å². The number of rotatable bonds is 6. The summed E-state index contributed by atoms with van der Waals surface area (Å²) in [6.07, 6.45) is 0. The van der Waals surface area contributed by atoms with E-state index in [0.717, 1.165) is 5.75 Å². The number of ether oxygens (including phenoxy) is 2. The van der Waals surface area contributed by atoms with Crippen molar-refractivity contribution in [2.45, 2.75) is 6.92 Å². The van der Waals surface area contributed by atoms with E-state index in [-0.39, 0.29) is 0 Å². The second-order valence-corrected chi connectivity index (χ2v) is 3.05. The van der Waals surface area contributed by atoms with E-state index < -0.39 is 6.03 Å². The Morgan fingerprint density at radius 3 is 2.69 bits per heavy atom. The van der Waals surface area contributed by atoms with E-state index in [1.807, 2.05) is 25.1 Å². The summed E-state index contributed by atoms with van der Waals surface area (Å²) < 4.78 is 10.7. The Kier molecular flexibility index (Phi) is 4.98. The lowest BCUT2D eigenvalue weighted by Crippen LogP contribution is -2.32. The molecule has 16 heavy (non-hydrogen) atoms. The molecule has 5 nitrogen and oxygen atoms in total. The smallest absolute Gasteiger partial charge is 0.312 e. The first kappa shape index (κ1) is 12.2. The number of amides is 2. The summed E-state index contributed by atoms with van der Waals surface area (Å²) in [5.74, 6) is 1.47. The number of benzene rings is 1. The molecule has 0 radical (unpaired) electrons. The Hall–Kier alpha value is -1.91. The van der Waals surface area contributed by atoms with Crippen LogP contribution in [0.3, 0.4) is 0 Å². The molecule has 0 spiro atoms. The van der Waals surface area contributed by atoms with Crippen molar-refractivity contribution in [3.8, 4) is 11.5 Å². The highest BCUT2D eigenvalue weighted by molar-refractivity contribution is 5.71. The lowest BCUT2D eigenvalue weighted by Gasteiger charge is -2.08. The van der Waals surface area contributed by atoms with Gasteiger partial charge in [-0.15, -0.1) is 0 Å². The molecule has 88 valence electrons. The molecule has 1 rings (SSSR count). The van der Waals surface area contributed by atoms with Gasteiger partial charge in [0.2, 0.25) is 0 Å². The summed E-state index contributed by atoms with van der Waals surface area (Å²) >= 11 is 0. The van der Waals surface area contributed by atoms with Crippen LogP contribution in [-0.2, 0) is 0 Å². The van der Waals surface area contributed by atoms with Gasteiger partial charge in [-0.1, -0.05) is 6.07 Å². The summed E-state index contributed by atoms with van der Waals surface area (Å²) in [6, 6.07) is 6.78. The Morgan fingerprint density at radius 1 is 1.38 bits per heavy atom. The molecule has 0 unspecified atom stereocenters. The second-order valence-electron chi connectivity index (χ2n) is 3.05. The number of primary amides is 1. The summed E-state index contributed by atoms with van der Waals surface area (Å²) in [4.78, 5) is 10.4. The quantitative estimate of drug-likeness (QED) is 0.711. The molecule has 0 bridgehead atoms. The van der Waals surface area contributed by atoms with Gasteiger partial charge >= 0.3 is 6.03 Å². The second kappa shape index (κ2) is 6.55. The number of urea groups is 1. The number of nitrogens with two attached hydrogens (primary N) is 1. The zero-order valence-corrected chi connectivity index (χ0v) is 9.23. The predicted octanol–water partition coefficient (Wildman–Crippen LogP) is 1.13. The van der Waals surface area contributed by atoms with Crippen molar-refractivity contribution in [1.29, 1.82) is 0 Å². The molecule has 0 heterocycles. The van der Waals surface area contributed by atoms with E-state index in [2.05, 4.69) is 5.32 Å². The number of carbonyl (C=O) groups is 1. The topological polar surface area (TPSA) is 73.6 Å². The summed E-state index contributed by atoms with van der Waals surface area (Å²) in [6.45, 7) is 3.30. The normalized spacial score (nSPS) is 9.56. The number of hydrogen-bond acceptors (Lipinski definition) is 3. The highest BCUT2D eigenvalue weighted by Crippen LogP contribution is 2.18. The molecule has 5 heteroatoms. The van der Waals surface area contributed by atoms with Crippen molar-refractivity contribution in [2.75, 3.05) is 19.8 Å². The van der Waals surface area contributed by atoms with Gasteiger partial charge in [0, 0.05) is 6.07 Å². The van der Waals surface area contributed by atoms with Crippen LogP contribution in [0.25, 0.3) is 0 Å². The van der Waals surface area contributed by atoms with E-state index in [4.69, 9.17) is 15.2 Å². The zero-order valence-electron chi connectivity index (χ0n) is 9.23. The van der Waals surface area contributed by atoms with Crippen LogP contribution in [0.1, 0.15) is 6.92 Å². The van der Waals surface area contributed by atoms with E-state index in [0.29, 0.717) is 25.5 Å². The van der Waals surface area contributed by atoms with E-state index in [1.165, 1.54) is 0 Å². The predicted molar refractivity (Wildman–Crippen MR) is 60.7 cm³/mol. The standard InChI is InChI=1S/C11H16N2O3/c1-2-15-9-4-3-5-10(8-9)16-7-6-13-11(12)14/h3-5,8H,2,6-7H2,1H3,(H3,12,13,14). The third kappa shape index (κ3) is 4.54. The van der Waals surface area contributed by atoms with Crippen LogP contribution in [0.15, 0.2) is 24.3 Å². The molecule has 0 aliphatic rings. The van der Waals surface area contributed by atoms with Crippen molar-refractivity contribution in [2.24, 2.45) is 5.73 Å². The minimum atomic E-state index is -0.549. The molecule has 3 N–H and O–H groups in total. The minimum Gasteiger partial charge on any atom is -0.494 e. The maximum Gasteiger partial charge on any atom is 0.312 e. The van der Waals surface area contributed by atoms with Crippen LogP contribution in [0.5, 0.6) is 11.5 Å². The lowest BCUT2D eigenvalue weighted by atomic mass is 10.3. The summed E-state index contributed by atoms with van der Waals surface area (Å²) in [7, 11) is 0. The van der Waals surface area contributed by atoms with Crippen molar-refractivity contribution < 1.29 is 14.3 Å². The number of hydrogen-bond donors (Lipinski definition) is 2. The van der Waals surface area contributed by atoms with Gasteiger partial charge in [0.05, 0.1) is 13.2 Å². The Bertz CT molecular complexity index is 342. The van der Waals surface area contributed by atoms with E-state index in [9.17, 15) is 4.79 Å². The van der Waals surface area contributed by atoms with Crippen molar-refractivity contribution >= 4 is 6.03 Å². The molecule has 0 saturated carbocycles. The maximum atomic E-state index is 10.4. The zero-order chi connectivity index (χ0) is 11.8. The molecule has 0 aliphatic heterocycles. The van der Waals surface area contributed by atoms with Crippen molar-refractivity contribution in [3.63, 3.8) is 0 Å². The third-order valence-electron chi connectivity index (χ3n) is 1.79. The fourth-order valence-electron chi connectivity index (χ4n) is 1.16. The van der Waals surface area contributed by atoms with Crippen molar-refractivity contribution in [3.05, 3.63) is 24.3 Å². The van der Waals surface area contributed by atoms with E-state index >= 15 is 0 Å². The van der Waals surface area contributed by atoms with Gasteiger partial charge in [-0.05, 0) is 19.1 Å². The first-order valence-electron chi connectivity index (χ1n) is 5.11. The van der Waals surface area contributed by atoms with E-state index in [1.54, 1.807) is 6.07 Å². The fraction of sp³-hybridized carbons (Fsp3) is 0.364.